The van der Waals surface area contributed by atoms with Crippen LogP contribution in [0, 0.1) is 5.41 Å². The number of amides is 3. The highest BCUT2D eigenvalue weighted by atomic mass is 16.5. The average molecular weight is 397 g/mol. The number of para-hydroxylation sites is 1. The van der Waals surface area contributed by atoms with Crippen molar-refractivity contribution in [1.29, 1.82) is 0 Å². The quantitative estimate of drug-likeness (QED) is 0.512. The lowest BCUT2D eigenvalue weighted by molar-refractivity contribution is -0.135. The van der Waals surface area contributed by atoms with Crippen LogP contribution in [0.25, 0.3) is 0 Å². The molecule has 152 valence electrons. The summed E-state index contributed by atoms with van der Waals surface area (Å²) in [6.45, 7) is 4.32. The molecule has 0 saturated heterocycles. The van der Waals surface area contributed by atoms with Gasteiger partial charge in [-0.2, -0.15) is 0 Å². The van der Waals surface area contributed by atoms with Gasteiger partial charge in [-0.25, -0.2) is 4.79 Å². The number of ether oxygens (including phenoxy) is 1. The van der Waals surface area contributed by atoms with Gasteiger partial charge in [0.1, 0.15) is 5.41 Å². The van der Waals surface area contributed by atoms with Gasteiger partial charge in [0.05, 0.1) is 18.4 Å². The number of anilines is 3. The molecule has 0 aliphatic carbocycles. The van der Waals surface area contributed by atoms with Crippen molar-refractivity contribution in [3.8, 4) is 0 Å². The highest BCUT2D eigenvalue weighted by Gasteiger charge is 2.36. The highest BCUT2D eigenvalue weighted by Crippen LogP contribution is 2.24. The molecule has 0 spiro atoms. The standard InChI is InChI=1S/C21H23N3O5/c1-13(25)22-14-8-7-9-15(12-14)23-19(27)21(2,3)20(28)24-17-11-6-5-10-16(17)18(26)29-4/h5-12H,1-4H3,(H,22,25)(H,23,27)(H,24,28). The molecular formula is C21H23N3O5. The molecule has 29 heavy (non-hydrogen) atoms. The Bertz CT molecular complexity index is 953. The topological polar surface area (TPSA) is 114 Å². The largest absolute Gasteiger partial charge is 0.465 e. The maximum atomic E-state index is 12.8. The summed E-state index contributed by atoms with van der Waals surface area (Å²) in [5, 5.41) is 7.90. The summed E-state index contributed by atoms with van der Waals surface area (Å²) in [6.07, 6.45) is 0. The van der Waals surface area contributed by atoms with Gasteiger partial charge >= 0.3 is 5.97 Å². The molecule has 0 atom stereocenters. The summed E-state index contributed by atoms with van der Waals surface area (Å²) < 4.78 is 4.71. The van der Waals surface area contributed by atoms with Crippen LogP contribution in [-0.2, 0) is 19.1 Å². The van der Waals surface area contributed by atoms with Crippen LogP contribution in [-0.4, -0.2) is 30.8 Å². The monoisotopic (exact) mass is 397 g/mol. The summed E-state index contributed by atoms with van der Waals surface area (Å²) in [7, 11) is 1.24. The maximum Gasteiger partial charge on any atom is 0.339 e. The number of benzene rings is 2. The van der Waals surface area contributed by atoms with E-state index in [1.165, 1.54) is 33.9 Å². The minimum Gasteiger partial charge on any atom is -0.465 e. The van der Waals surface area contributed by atoms with E-state index in [0.29, 0.717) is 11.4 Å². The van der Waals surface area contributed by atoms with E-state index in [2.05, 4.69) is 16.0 Å². The van der Waals surface area contributed by atoms with Gasteiger partial charge in [0.2, 0.25) is 17.7 Å². The fraction of sp³-hybridized carbons (Fsp3) is 0.238. The number of methoxy groups -OCH3 is 1. The minimum absolute atomic E-state index is 0.183. The molecule has 0 aliphatic rings. The lowest BCUT2D eigenvalue weighted by atomic mass is 9.90. The molecule has 0 unspecified atom stereocenters. The first-order valence-electron chi connectivity index (χ1n) is 8.83. The van der Waals surface area contributed by atoms with Gasteiger partial charge in [-0.05, 0) is 44.2 Å². The second-order valence-electron chi connectivity index (χ2n) is 6.83. The van der Waals surface area contributed by atoms with Crippen LogP contribution >= 0.6 is 0 Å². The van der Waals surface area contributed by atoms with Gasteiger partial charge in [-0.1, -0.05) is 18.2 Å². The van der Waals surface area contributed by atoms with E-state index in [1.807, 2.05) is 0 Å². The van der Waals surface area contributed by atoms with Gasteiger partial charge in [-0.15, -0.1) is 0 Å². The Kier molecular flexibility index (Phi) is 6.71. The summed E-state index contributed by atoms with van der Waals surface area (Å²) in [5.74, 6) is -1.98. The predicted molar refractivity (Wildman–Crippen MR) is 110 cm³/mol. The first-order chi connectivity index (χ1) is 13.6. The van der Waals surface area contributed by atoms with Crippen molar-refractivity contribution < 1.29 is 23.9 Å². The van der Waals surface area contributed by atoms with Gasteiger partial charge in [0.15, 0.2) is 0 Å². The molecule has 3 N–H and O–H groups in total. The number of carbonyl (C=O) groups is 4. The molecule has 0 fully saturated rings. The van der Waals surface area contributed by atoms with Crippen molar-refractivity contribution in [2.45, 2.75) is 20.8 Å². The molecule has 0 radical (unpaired) electrons. The van der Waals surface area contributed by atoms with E-state index in [9.17, 15) is 19.2 Å². The van der Waals surface area contributed by atoms with Crippen LogP contribution in [0.3, 0.4) is 0 Å². The van der Waals surface area contributed by atoms with E-state index in [1.54, 1.807) is 42.5 Å². The molecule has 0 bridgehead atoms. The second-order valence-corrected chi connectivity index (χ2v) is 6.83. The van der Waals surface area contributed by atoms with Crippen molar-refractivity contribution in [2.24, 2.45) is 5.41 Å². The fourth-order valence-electron chi connectivity index (χ4n) is 2.43. The van der Waals surface area contributed by atoms with Crippen molar-refractivity contribution in [3.63, 3.8) is 0 Å². The number of hydrogen-bond acceptors (Lipinski definition) is 5. The average Bonchev–Trinajstić information content (AvgIpc) is 2.67. The fourth-order valence-corrected chi connectivity index (χ4v) is 2.43. The zero-order valence-electron chi connectivity index (χ0n) is 16.7. The molecule has 0 aliphatic heterocycles. The molecule has 0 aromatic heterocycles. The number of hydrogen-bond donors (Lipinski definition) is 3. The number of nitrogens with one attached hydrogen (secondary N) is 3. The Hall–Kier alpha value is -3.68. The van der Waals surface area contributed by atoms with E-state index >= 15 is 0 Å². The van der Waals surface area contributed by atoms with Gasteiger partial charge in [-0.3, -0.25) is 14.4 Å². The molecule has 8 nitrogen and oxygen atoms in total. The Morgan fingerprint density at radius 1 is 0.828 bits per heavy atom. The predicted octanol–water partition coefficient (Wildman–Crippen LogP) is 3.04. The van der Waals surface area contributed by atoms with E-state index in [-0.39, 0.29) is 17.2 Å². The molecule has 0 heterocycles. The SMILES string of the molecule is COC(=O)c1ccccc1NC(=O)C(C)(C)C(=O)Nc1cccc(NC(C)=O)c1. The van der Waals surface area contributed by atoms with E-state index in [4.69, 9.17) is 4.74 Å². The molecule has 8 heteroatoms. The summed E-state index contributed by atoms with van der Waals surface area (Å²) in [4.78, 5) is 48.5. The van der Waals surface area contributed by atoms with Crippen LogP contribution in [0.15, 0.2) is 48.5 Å². The molecular weight excluding hydrogens is 374 g/mol. The zero-order valence-corrected chi connectivity index (χ0v) is 16.7. The minimum atomic E-state index is -1.45. The first kappa shape index (κ1) is 21.6. The van der Waals surface area contributed by atoms with Gasteiger partial charge in [0, 0.05) is 18.3 Å². The van der Waals surface area contributed by atoms with Crippen molar-refractivity contribution in [1.82, 2.24) is 0 Å². The Labute approximate surface area is 168 Å². The lowest BCUT2D eigenvalue weighted by Crippen LogP contribution is -2.41. The van der Waals surface area contributed by atoms with Crippen molar-refractivity contribution in [2.75, 3.05) is 23.1 Å². The Morgan fingerprint density at radius 3 is 2.03 bits per heavy atom. The third kappa shape index (κ3) is 5.41. The number of esters is 1. The normalized spacial score (nSPS) is 10.6. The summed E-state index contributed by atoms with van der Waals surface area (Å²) in [5.41, 5.74) is -0.0742. The molecule has 0 saturated carbocycles. The Morgan fingerprint density at radius 2 is 1.41 bits per heavy atom. The number of carbonyl (C=O) groups excluding carboxylic acids is 4. The highest BCUT2D eigenvalue weighted by molar-refractivity contribution is 6.15. The smallest absolute Gasteiger partial charge is 0.339 e. The van der Waals surface area contributed by atoms with Crippen LogP contribution in [0.5, 0.6) is 0 Å². The first-order valence-corrected chi connectivity index (χ1v) is 8.83. The van der Waals surface area contributed by atoms with Crippen LogP contribution in [0.2, 0.25) is 0 Å². The van der Waals surface area contributed by atoms with Crippen LogP contribution < -0.4 is 16.0 Å². The third-order valence-electron chi connectivity index (χ3n) is 4.16. The second kappa shape index (κ2) is 9.01. The Balaban J connectivity index is 2.16. The van der Waals surface area contributed by atoms with Crippen molar-refractivity contribution in [3.05, 3.63) is 54.1 Å². The van der Waals surface area contributed by atoms with Crippen LogP contribution in [0.4, 0.5) is 17.1 Å². The lowest BCUT2D eigenvalue weighted by Gasteiger charge is -2.23. The molecule has 2 aromatic rings. The third-order valence-corrected chi connectivity index (χ3v) is 4.16. The van der Waals surface area contributed by atoms with Gasteiger partial charge < -0.3 is 20.7 Å². The molecule has 3 amide bonds. The zero-order chi connectivity index (χ0) is 21.6. The van der Waals surface area contributed by atoms with Crippen molar-refractivity contribution >= 4 is 40.8 Å². The van der Waals surface area contributed by atoms with E-state index < -0.39 is 23.2 Å². The van der Waals surface area contributed by atoms with Gasteiger partial charge in [0.25, 0.3) is 0 Å². The van der Waals surface area contributed by atoms with E-state index in [0.717, 1.165) is 0 Å². The molecule has 2 rings (SSSR count). The molecule has 2 aromatic carbocycles. The number of rotatable bonds is 6. The summed E-state index contributed by atoms with van der Waals surface area (Å²) in [6, 6.07) is 12.9. The van der Waals surface area contributed by atoms with Crippen LogP contribution in [0.1, 0.15) is 31.1 Å². The maximum absolute atomic E-state index is 12.8. The summed E-state index contributed by atoms with van der Waals surface area (Å²) >= 11 is 0.